The van der Waals surface area contributed by atoms with Crippen LogP contribution in [0.2, 0.25) is 0 Å². The predicted molar refractivity (Wildman–Crippen MR) is 82.4 cm³/mol. The molecule has 1 aliphatic heterocycles. The normalized spacial score (nSPS) is 19.4. The van der Waals surface area contributed by atoms with E-state index >= 15 is 0 Å². The summed E-state index contributed by atoms with van der Waals surface area (Å²) in [5, 5.41) is 15.0. The van der Waals surface area contributed by atoms with E-state index in [1.165, 1.54) is 11.3 Å². The van der Waals surface area contributed by atoms with E-state index in [-0.39, 0.29) is 24.0 Å². The number of hydrogen-bond acceptors (Lipinski definition) is 6. The molecule has 7 heteroatoms. The number of thiazole rings is 1. The van der Waals surface area contributed by atoms with Crippen molar-refractivity contribution in [3.8, 4) is 0 Å². The van der Waals surface area contributed by atoms with Gasteiger partial charge in [-0.15, -0.1) is 11.3 Å². The van der Waals surface area contributed by atoms with Crippen LogP contribution in [0.5, 0.6) is 0 Å². The van der Waals surface area contributed by atoms with E-state index < -0.39 is 0 Å². The maximum atomic E-state index is 12.2. The standard InChI is InChI=1S/C14H23N3O3S/c1-11(12(19)16-13-15-5-8-21-13)17(2)9-14(10-18)3-6-20-7-4-14/h5,8,11,18H,3-4,6-7,9-10H2,1-2H3,(H,15,16,19). The lowest BCUT2D eigenvalue weighted by Gasteiger charge is -2.39. The van der Waals surface area contributed by atoms with Gasteiger partial charge in [0.05, 0.1) is 12.6 Å². The number of ether oxygens (including phenoxy) is 1. The van der Waals surface area contributed by atoms with Crippen molar-refractivity contribution in [1.82, 2.24) is 9.88 Å². The van der Waals surface area contributed by atoms with Crippen LogP contribution in [0, 0.1) is 5.41 Å². The van der Waals surface area contributed by atoms with Crippen molar-refractivity contribution in [2.24, 2.45) is 5.41 Å². The summed E-state index contributed by atoms with van der Waals surface area (Å²) in [4.78, 5) is 18.3. The van der Waals surface area contributed by atoms with E-state index in [0.29, 0.717) is 24.9 Å². The first-order chi connectivity index (χ1) is 10.1. The lowest BCUT2D eigenvalue weighted by atomic mass is 9.80. The van der Waals surface area contributed by atoms with E-state index in [9.17, 15) is 9.90 Å². The minimum absolute atomic E-state index is 0.0763. The summed E-state index contributed by atoms with van der Waals surface area (Å²) in [5.41, 5.74) is -0.164. The van der Waals surface area contributed by atoms with Gasteiger partial charge in [0, 0.05) is 36.8 Å². The second-order valence-corrected chi connectivity index (χ2v) is 6.58. The highest BCUT2D eigenvalue weighted by atomic mass is 32.1. The Labute approximate surface area is 129 Å². The van der Waals surface area contributed by atoms with Crippen molar-refractivity contribution in [3.05, 3.63) is 11.6 Å². The van der Waals surface area contributed by atoms with Crippen molar-refractivity contribution in [1.29, 1.82) is 0 Å². The fourth-order valence-electron chi connectivity index (χ4n) is 2.53. The molecule has 0 spiro atoms. The molecule has 0 saturated carbocycles. The molecular formula is C14H23N3O3S. The molecule has 0 bridgehead atoms. The van der Waals surface area contributed by atoms with Crippen LogP contribution in [0.25, 0.3) is 0 Å². The van der Waals surface area contributed by atoms with Crippen LogP contribution in [-0.2, 0) is 9.53 Å². The molecule has 1 atom stereocenters. The molecule has 6 nitrogen and oxygen atoms in total. The maximum Gasteiger partial charge on any atom is 0.243 e. The number of hydrogen-bond donors (Lipinski definition) is 2. The number of likely N-dealkylation sites (N-methyl/N-ethyl adjacent to an activating group) is 1. The average molecular weight is 313 g/mol. The Morgan fingerprint density at radius 1 is 1.62 bits per heavy atom. The second kappa shape index (κ2) is 7.31. The van der Waals surface area contributed by atoms with Gasteiger partial charge in [0.1, 0.15) is 0 Å². The number of carbonyl (C=O) groups excluding carboxylic acids is 1. The molecule has 0 aromatic carbocycles. The van der Waals surface area contributed by atoms with Crippen LogP contribution in [0.4, 0.5) is 5.13 Å². The van der Waals surface area contributed by atoms with Gasteiger partial charge in [-0.05, 0) is 26.8 Å². The van der Waals surface area contributed by atoms with Crippen molar-refractivity contribution in [3.63, 3.8) is 0 Å². The topological polar surface area (TPSA) is 74.7 Å². The third-order valence-corrected chi connectivity index (χ3v) is 4.87. The summed E-state index contributed by atoms with van der Waals surface area (Å²) in [6.07, 6.45) is 3.32. The molecule has 2 N–H and O–H groups in total. The van der Waals surface area contributed by atoms with E-state index in [2.05, 4.69) is 10.3 Å². The Hall–Kier alpha value is -1.02. The van der Waals surface area contributed by atoms with Crippen molar-refractivity contribution in [2.45, 2.75) is 25.8 Å². The van der Waals surface area contributed by atoms with Gasteiger partial charge in [-0.25, -0.2) is 4.98 Å². The molecule has 0 radical (unpaired) electrons. The summed E-state index contributed by atoms with van der Waals surface area (Å²) in [5.74, 6) is -0.0763. The van der Waals surface area contributed by atoms with Crippen molar-refractivity contribution in [2.75, 3.05) is 38.7 Å². The molecule has 2 rings (SSSR count). The number of nitrogens with one attached hydrogen (secondary N) is 1. The zero-order valence-electron chi connectivity index (χ0n) is 12.5. The zero-order chi connectivity index (χ0) is 15.3. The molecule has 1 aromatic heterocycles. The minimum atomic E-state index is -0.278. The highest BCUT2D eigenvalue weighted by Crippen LogP contribution is 2.31. The van der Waals surface area contributed by atoms with E-state index in [1.807, 2.05) is 24.3 Å². The first kappa shape index (κ1) is 16.4. The Morgan fingerprint density at radius 3 is 2.90 bits per heavy atom. The van der Waals surface area contributed by atoms with Crippen LogP contribution in [0.15, 0.2) is 11.6 Å². The molecule has 1 amide bonds. The Kier molecular flexibility index (Phi) is 5.69. The molecular weight excluding hydrogens is 290 g/mol. The average Bonchev–Trinajstić information content (AvgIpc) is 3.00. The lowest BCUT2D eigenvalue weighted by molar-refractivity contribution is -0.121. The number of aliphatic hydroxyl groups is 1. The van der Waals surface area contributed by atoms with Gasteiger partial charge in [-0.2, -0.15) is 0 Å². The zero-order valence-corrected chi connectivity index (χ0v) is 13.4. The summed E-state index contributed by atoms with van der Waals surface area (Å²) in [6, 6.07) is -0.278. The number of anilines is 1. The fourth-order valence-corrected chi connectivity index (χ4v) is 3.06. The number of aromatic nitrogens is 1. The number of aliphatic hydroxyl groups excluding tert-OH is 1. The van der Waals surface area contributed by atoms with Gasteiger partial charge < -0.3 is 15.2 Å². The molecule has 0 aliphatic carbocycles. The van der Waals surface area contributed by atoms with E-state index in [4.69, 9.17) is 4.74 Å². The first-order valence-electron chi connectivity index (χ1n) is 7.15. The monoisotopic (exact) mass is 313 g/mol. The van der Waals surface area contributed by atoms with Gasteiger partial charge in [-0.3, -0.25) is 9.69 Å². The molecule has 1 aliphatic rings. The molecule has 1 aromatic rings. The lowest BCUT2D eigenvalue weighted by Crippen LogP contribution is -2.48. The van der Waals surface area contributed by atoms with Crippen molar-refractivity contribution < 1.29 is 14.6 Å². The number of carbonyl (C=O) groups is 1. The fraction of sp³-hybridized carbons (Fsp3) is 0.714. The van der Waals surface area contributed by atoms with E-state index in [0.717, 1.165) is 12.8 Å². The van der Waals surface area contributed by atoms with Crippen LogP contribution < -0.4 is 5.32 Å². The molecule has 1 unspecified atom stereocenters. The maximum absolute atomic E-state index is 12.2. The molecule has 1 saturated heterocycles. The van der Waals surface area contributed by atoms with Gasteiger partial charge in [0.2, 0.25) is 5.91 Å². The Morgan fingerprint density at radius 2 is 2.33 bits per heavy atom. The van der Waals surface area contributed by atoms with Gasteiger partial charge in [0.25, 0.3) is 0 Å². The van der Waals surface area contributed by atoms with Gasteiger partial charge in [-0.1, -0.05) is 0 Å². The van der Waals surface area contributed by atoms with Crippen LogP contribution in [-0.4, -0.2) is 60.4 Å². The highest BCUT2D eigenvalue weighted by molar-refractivity contribution is 7.13. The summed E-state index contributed by atoms with van der Waals surface area (Å²) in [6.45, 7) is 4.02. The molecule has 118 valence electrons. The van der Waals surface area contributed by atoms with Crippen LogP contribution >= 0.6 is 11.3 Å². The summed E-state index contributed by atoms with van der Waals surface area (Å²) >= 11 is 1.40. The summed E-state index contributed by atoms with van der Waals surface area (Å²) in [7, 11) is 1.92. The third-order valence-electron chi connectivity index (χ3n) is 4.18. The van der Waals surface area contributed by atoms with E-state index in [1.54, 1.807) is 6.20 Å². The number of nitrogens with zero attached hydrogens (tertiary/aromatic N) is 2. The van der Waals surface area contributed by atoms with Gasteiger partial charge in [0.15, 0.2) is 5.13 Å². The SMILES string of the molecule is CC(C(=O)Nc1nccs1)N(C)CC1(CO)CCOCC1. The Balaban J connectivity index is 1.91. The van der Waals surface area contributed by atoms with Crippen molar-refractivity contribution >= 4 is 22.4 Å². The molecule has 1 fully saturated rings. The molecule has 2 heterocycles. The first-order valence-corrected chi connectivity index (χ1v) is 8.03. The smallest absolute Gasteiger partial charge is 0.243 e. The predicted octanol–water partition coefficient (Wildman–Crippen LogP) is 1.19. The minimum Gasteiger partial charge on any atom is -0.396 e. The second-order valence-electron chi connectivity index (χ2n) is 5.69. The highest BCUT2D eigenvalue weighted by Gasteiger charge is 2.35. The third kappa shape index (κ3) is 4.23. The van der Waals surface area contributed by atoms with Crippen LogP contribution in [0.3, 0.4) is 0 Å². The number of amides is 1. The Bertz CT molecular complexity index is 446. The largest absolute Gasteiger partial charge is 0.396 e. The van der Waals surface area contributed by atoms with Gasteiger partial charge >= 0.3 is 0 Å². The summed E-state index contributed by atoms with van der Waals surface area (Å²) < 4.78 is 5.37. The van der Waals surface area contributed by atoms with Crippen LogP contribution in [0.1, 0.15) is 19.8 Å². The quantitative estimate of drug-likeness (QED) is 0.825. The number of rotatable bonds is 6. The molecule has 21 heavy (non-hydrogen) atoms.